The van der Waals surface area contributed by atoms with Gasteiger partial charge in [-0.1, -0.05) is 40.0 Å². The Bertz CT molecular complexity index is 393. The molecule has 0 aliphatic rings. The number of ether oxygens (including phenoxy) is 1. The average molecular weight is 266 g/mol. The van der Waals surface area contributed by atoms with Crippen LogP contribution in [0.2, 0.25) is 0 Å². The molecular weight excluding hydrogens is 240 g/mol. The maximum absolute atomic E-state index is 5.63. The van der Waals surface area contributed by atoms with Crippen molar-refractivity contribution in [3.63, 3.8) is 0 Å². The van der Waals surface area contributed by atoms with Crippen molar-refractivity contribution < 1.29 is 4.74 Å². The number of nitrogens with one attached hydrogen (secondary N) is 1. The molecular formula is C14H26N4O. The van der Waals surface area contributed by atoms with E-state index in [9.17, 15) is 0 Å². The Morgan fingerprint density at radius 3 is 2.68 bits per heavy atom. The summed E-state index contributed by atoms with van der Waals surface area (Å²) in [5.41, 5.74) is 5.87. The first kappa shape index (κ1) is 15.5. The Hall–Kier alpha value is -1.52. The van der Waals surface area contributed by atoms with Crippen molar-refractivity contribution in [2.75, 3.05) is 24.7 Å². The molecule has 0 aliphatic carbocycles. The molecule has 1 rings (SSSR count). The van der Waals surface area contributed by atoms with Crippen LogP contribution in [0.3, 0.4) is 0 Å². The number of nitrogens with zero attached hydrogens (tertiary/aromatic N) is 2. The van der Waals surface area contributed by atoms with Crippen molar-refractivity contribution in [3.8, 4) is 5.88 Å². The number of rotatable bonds is 8. The maximum atomic E-state index is 5.63. The van der Waals surface area contributed by atoms with Gasteiger partial charge in [-0.2, -0.15) is 9.97 Å². The second kappa shape index (κ2) is 7.16. The topological polar surface area (TPSA) is 73.1 Å². The van der Waals surface area contributed by atoms with Gasteiger partial charge in [0.2, 0.25) is 11.8 Å². The summed E-state index contributed by atoms with van der Waals surface area (Å²) in [5, 5.41) is 3.32. The number of hydrogen-bond acceptors (Lipinski definition) is 5. The number of aromatic nitrogens is 2. The van der Waals surface area contributed by atoms with E-state index in [1.54, 1.807) is 13.2 Å². The van der Waals surface area contributed by atoms with Gasteiger partial charge < -0.3 is 15.8 Å². The van der Waals surface area contributed by atoms with E-state index in [1.165, 1.54) is 25.7 Å². The Labute approximate surface area is 116 Å². The molecule has 5 heteroatoms. The quantitative estimate of drug-likeness (QED) is 0.707. The molecule has 1 aromatic rings. The van der Waals surface area contributed by atoms with Crippen LogP contribution in [0.1, 0.15) is 46.5 Å². The van der Waals surface area contributed by atoms with E-state index in [-0.39, 0.29) is 11.4 Å². The fourth-order valence-corrected chi connectivity index (χ4v) is 1.91. The second-order valence-corrected chi connectivity index (χ2v) is 5.63. The van der Waals surface area contributed by atoms with E-state index in [1.807, 2.05) is 0 Å². The predicted molar refractivity (Wildman–Crippen MR) is 79.4 cm³/mol. The average Bonchev–Trinajstić information content (AvgIpc) is 2.36. The summed E-state index contributed by atoms with van der Waals surface area (Å²) in [5.74, 6) is 1.43. The van der Waals surface area contributed by atoms with Crippen LogP contribution in [-0.2, 0) is 0 Å². The van der Waals surface area contributed by atoms with Crippen molar-refractivity contribution in [3.05, 3.63) is 6.07 Å². The molecule has 0 aliphatic heterocycles. The third kappa shape index (κ3) is 5.77. The van der Waals surface area contributed by atoms with Crippen LogP contribution in [0.15, 0.2) is 6.07 Å². The van der Waals surface area contributed by atoms with Gasteiger partial charge in [0.05, 0.1) is 7.11 Å². The van der Waals surface area contributed by atoms with E-state index in [0.717, 1.165) is 6.54 Å². The van der Waals surface area contributed by atoms with Gasteiger partial charge in [0.25, 0.3) is 0 Å². The van der Waals surface area contributed by atoms with Crippen molar-refractivity contribution in [2.24, 2.45) is 5.41 Å². The number of anilines is 2. The maximum Gasteiger partial charge on any atom is 0.225 e. The highest BCUT2D eigenvalue weighted by Crippen LogP contribution is 2.24. The lowest BCUT2D eigenvalue weighted by molar-refractivity contribution is 0.342. The smallest absolute Gasteiger partial charge is 0.225 e. The van der Waals surface area contributed by atoms with E-state index < -0.39 is 0 Å². The standard InChI is InChI=1S/C14H26N4O/c1-5-6-7-8-14(2,3)10-16-11-9-12(19-4)18-13(15)17-11/h9H,5-8,10H2,1-4H3,(H3,15,16,17,18). The van der Waals surface area contributed by atoms with E-state index in [4.69, 9.17) is 10.5 Å². The molecule has 0 fully saturated rings. The zero-order chi connectivity index (χ0) is 14.3. The van der Waals surface area contributed by atoms with Crippen molar-refractivity contribution in [2.45, 2.75) is 46.5 Å². The summed E-state index contributed by atoms with van der Waals surface area (Å²) in [7, 11) is 1.57. The van der Waals surface area contributed by atoms with E-state index in [0.29, 0.717) is 11.7 Å². The third-order valence-corrected chi connectivity index (χ3v) is 3.13. The molecule has 1 heterocycles. The van der Waals surface area contributed by atoms with Crippen LogP contribution < -0.4 is 15.8 Å². The first-order valence-electron chi connectivity index (χ1n) is 6.89. The zero-order valence-electron chi connectivity index (χ0n) is 12.5. The normalized spacial score (nSPS) is 11.4. The first-order valence-corrected chi connectivity index (χ1v) is 6.89. The van der Waals surface area contributed by atoms with Gasteiger partial charge in [-0.05, 0) is 11.8 Å². The largest absolute Gasteiger partial charge is 0.481 e. The molecule has 3 N–H and O–H groups in total. The summed E-state index contributed by atoms with van der Waals surface area (Å²) in [6.07, 6.45) is 5.01. The molecule has 0 saturated carbocycles. The fraction of sp³-hybridized carbons (Fsp3) is 0.714. The van der Waals surface area contributed by atoms with Crippen molar-refractivity contribution in [1.29, 1.82) is 0 Å². The summed E-state index contributed by atoms with van der Waals surface area (Å²) >= 11 is 0. The molecule has 0 radical (unpaired) electrons. The number of methoxy groups -OCH3 is 1. The number of unbranched alkanes of at least 4 members (excludes halogenated alkanes) is 2. The Balaban J connectivity index is 2.53. The molecule has 1 aromatic heterocycles. The van der Waals surface area contributed by atoms with E-state index >= 15 is 0 Å². The van der Waals surface area contributed by atoms with Crippen LogP contribution in [0, 0.1) is 5.41 Å². The van der Waals surface area contributed by atoms with Crippen molar-refractivity contribution in [1.82, 2.24) is 9.97 Å². The minimum absolute atomic E-state index is 0.227. The SMILES string of the molecule is CCCCCC(C)(C)CNc1cc(OC)nc(N)n1. The highest BCUT2D eigenvalue weighted by molar-refractivity contribution is 5.42. The number of nitrogens with two attached hydrogens (primary N) is 1. The predicted octanol–water partition coefficient (Wildman–Crippen LogP) is 3.09. The molecule has 0 amide bonds. The lowest BCUT2D eigenvalue weighted by Crippen LogP contribution is -2.23. The zero-order valence-corrected chi connectivity index (χ0v) is 12.5. The van der Waals surface area contributed by atoms with Crippen LogP contribution in [0.5, 0.6) is 5.88 Å². The summed E-state index contributed by atoms with van der Waals surface area (Å²) in [6.45, 7) is 7.60. The lowest BCUT2D eigenvalue weighted by atomic mass is 9.87. The summed E-state index contributed by atoms with van der Waals surface area (Å²) in [6, 6.07) is 1.76. The van der Waals surface area contributed by atoms with Gasteiger partial charge in [-0.15, -0.1) is 0 Å². The summed E-state index contributed by atoms with van der Waals surface area (Å²) < 4.78 is 5.08. The molecule has 108 valence electrons. The van der Waals surface area contributed by atoms with Gasteiger partial charge in [0.1, 0.15) is 5.82 Å². The van der Waals surface area contributed by atoms with Crippen LogP contribution in [0.25, 0.3) is 0 Å². The molecule has 0 bridgehead atoms. The minimum Gasteiger partial charge on any atom is -0.481 e. The highest BCUT2D eigenvalue weighted by Gasteiger charge is 2.17. The molecule has 19 heavy (non-hydrogen) atoms. The molecule has 5 nitrogen and oxygen atoms in total. The fourth-order valence-electron chi connectivity index (χ4n) is 1.91. The summed E-state index contributed by atoms with van der Waals surface area (Å²) in [4.78, 5) is 8.12. The lowest BCUT2D eigenvalue weighted by Gasteiger charge is -2.25. The second-order valence-electron chi connectivity index (χ2n) is 5.63. The molecule has 0 saturated heterocycles. The van der Waals surface area contributed by atoms with Gasteiger partial charge in [0, 0.05) is 12.6 Å². The van der Waals surface area contributed by atoms with Crippen molar-refractivity contribution >= 4 is 11.8 Å². The molecule has 0 unspecified atom stereocenters. The van der Waals surface area contributed by atoms with Gasteiger partial charge in [-0.25, -0.2) is 0 Å². The Kier molecular flexibility index (Phi) is 5.86. The molecule has 0 atom stereocenters. The van der Waals surface area contributed by atoms with Crippen LogP contribution in [0.4, 0.5) is 11.8 Å². The number of hydrogen-bond donors (Lipinski definition) is 2. The molecule has 0 spiro atoms. The van der Waals surface area contributed by atoms with Crippen LogP contribution >= 0.6 is 0 Å². The van der Waals surface area contributed by atoms with Gasteiger partial charge >= 0.3 is 0 Å². The third-order valence-electron chi connectivity index (χ3n) is 3.13. The van der Waals surface area contributed by atoms with Gasteiger partial charge in [-0.3, -0.25) is 0 Å². The van der Waals surface area contributed by atoms with Crippen LogP contribution in [-0.4, -0.2) is 23.6 Å². The number of nitrogen functional groups attached to an aromatic ring is 1. The molecule has 0 aromatic carbocycles. The highest BCUT2D eigenvalue weighted by atomic mass is 16.5. The monoisotopic (exact) mass is 266 g/mol. The van der Waals surface area contributed by atoms with E-state index in [2.05, 4.69) is 36.1 Å². The minimum atomic E-state index is 0.227. The van der Waals surface area contributed by atoms with Gasteiger partial charge in [0.15, 0.2) is 0 Å². The Morgan fingerprint density at radius 1 is 1.32 bits per heavy atom. The Morgan fingerprint density at radius 2 is 2.05 bits per heavy atom. The first-order chi connectivity index (χ1) is 8.96.